The van der Waals surface area contributed by atoms with Gasteiger partial charge in [0.2, 0.25) is 0 Å². The maximum Gasteiger partial charge on any atom is 0.146 e. The number of nitrogens with zero attached hydrogens (tertiary/aromatic N) is 2. The van der Waals surface area contributed by atoms with Gasteiger partial charge in [0.1, 0.15) is 16.7 Å². The number of halogens is 1. The minimum absolute atomic E-state index is 0.509. The largest absolute Gasteiger partial charge is 0.456 e. The number of benzene rings is 1. The molecule has 0 amide bonds. The molecule has 0 aliphatic heterocycles. The Morgan fingerprint density at radius 1 is 1.15 bits per heavy atom. The van der Waals surface area contributed by atoms with Crippen molar-refractivity contribution >= 4 is 17.3 Å². The Morgan fingerprint density at radius 2 is 1.90 bits per heavy atom. The van der Waals surface area contributed by atoms with Gasteiger partial charge >= 0.3 is 0 Å². The summed E-state index contributed by atoms with van der Waals surface area (Å²) in [5, 5.41) is 0.509. The lowest BCUT2D eigenvalue weighted by atomic mass is 10.2. The van der Waals surface area contributed by atoms with Crippen LogP contribution in [0.3, 0.4) is 0 Å². The number of aromatic nitrogens is 1. The van der Waals surface area contributed by atoms with Gasteiger partial charge < -0.3 is 9.64 Å². The zero-order valence-corrected chi connectivity index (χ0v) is 12.8. The van der Waals surface area contributed by atoms with E-state index >= 15 is 0 Å². The first-order chi connectivity index (χ1) is 9.63. The summed E-state index contributed by atoms with van der Waals surface area (Å²) in [6.45, 7) is 8.14. The van der Waals surface area contributed by atoms with Crippen LogP contribution in [0.4, 0.5) is 5.69 Å². The van der Waals surface area contributed by atoms with Gasteiger partial charge in [0.05, 0.1) is 6.20 Å². The molecule has 106 valence electrons. The van der Waals surface area contributed by atoms with Crippen molar-refractivity contribution in [2.75, 3.05) is 18.0 Å². The number of hydrogen-bond acceptors (Lipinski definition) is 3. The summed E-state index contributed by atoms with van der Waals surface area (Å²) < 4.78 is 5.85. The molecule has 0 atom stereocenters. The molecule has 0 saturated carbocycles. The molecule has 0 spiro atoms. The van der Waals surface area contributed by atoms with E-state index in [-0.39, 0.29) is 0 Å². The third kappa shape index (κ3) is 3.42. The molecule has 1 aromatic carbocycles. The van der Waals surface area contributed by atoms with Gasteiger partial charge in [-0.05, 0) is 44.5 Å². The van der Waals surface area contributed by atoms with E-state index in [1.165, 1.54) is 0 Å². The quantitative estimate of drug-likeness (QED) is 0.748. The Balaban J connectivity index is 2.21. The van der Waals surface area contributed by atoms with Crippen LogP contribution in [-0.2, 0) is 0 Å². The molecule has 0 radical (unpaired) electrons. The highest BCUT2D eigenvalue weighted by Gasteiger charge is 2.05. The normalized spacial score (nSPS) is 10.4. The number of ether oxygens (including phenoxy) is 1. The van der Waals surface area contributed by atoms with Crippen LogP contribution < -0.4 is 9.64 Å². The smallest absolute Gasteiger partial charge is 0.146 e. The number of rotatable bonds is 5. The van der Waals surface area contributed by atoms with Crippen molar-refractivity contribution < 1.29 is 4.74 Å². The van der Waals surface area contributed by atoms with Crippen molar-refractivity contribution in [3.05, 3.63) is 47.2 Å². The Bertz CT molecular complexity index is 582. The maximum absolute atomic E-state index is 5.91. The Labute approximate surface area is 125 Å². The summed E-state index contributed by atoms with van der Waals surface area (Å²) in [6.07, 6.45) is 1.64. The fraction of sp³-hybridized carbons (Fsp3) is 0.312. The summed E-state index contributed by atoms with van der Waals surface area (Å²) >= 11 is 5.91. The van der Waals surface area contributed by atoms with Crippen molar-refractivity contribution in [3.63, 3.8) is 0 Å². The first-order valence-corrected chi connectivity index (χ1v) is 7.16. The van der Waals surface area contributed by atoms with E-state index in [9.17, 15) is 0 Å². The second-order valence-electron chi connectivity index (χ2n) is 4.55. The van der Waals surface area contributed by atoms with Crippen LogP contribution in [0.5, 0.6) is 11.5 Å². The Kier molecular flexibility index (Phi) is 4.85. The minimum Gasteiger partial charge on any atom is -0.456 e. The molecule has 0 N–H and O–H groups in total. The summed E-state index contributed by atoms with van der Waals surface area (Å²) in [4.78, 5) is 6.37. The van der Waals surface area contributed by atoms with Gasteiger partial charge in [-0.3, -0.25) is 0 Å². The molecule has 2 rings (SSSR count). The average molecular weight is 291 g/mol. The molecule has 0 aliphatic rings. The number of pyridine rings is 1. The summed E-state index contributed by atoms with van der Waals surface area (Å²) in [5.41, 5.74) is 2.07. The molecule has 1 aromatic heterocycles. The zero-order chi connectivity index (χ0) is 14.5. The lowest BCUT2D eigenvalue weighted by molar-refractivity contribution is 0.480. The van der Waals surface area contributed by atoms with Crippen LogP contribution in [0.2, 0.25) is 5.15 Å². The molecule has 0 aliphatic carbocycles. The number of anilines is 1. The van der Waals surface area contributed by atoms with E-state index in [2.05, 4.69) is 29.8 Å². The standard InChI is InChI=1S/C16H19ClN2O/c1-4-19(5-2)13-7-6-8-14(10-13)20-15-9-12(3)16(17)18-11-15/h6-11H,4-5H2,1-3H3. The zero-order valence-electron chi connectivity index (χ0n) is 12.1. The molecule has 20 heavy (non-hydrogen) atoms. The predicted octanol–water partition coefficient (Wildman–Crippen LogP) is 4.68. The fourth-order valence-corrected chi connectivity index (χ4v) is 2.16. The first-order valence-electron chi connectivity index (χ1n) is 6.79. The monoisotopic (exact) mass is 290 g/mol. The number of aryl methyl sites for hydroxylation is 1. The average Bonchev–Trinajstić information content (AvgIpc) is 2.45. The van der Waals surface area contributed by atoms with Crippen molar-refractivity contribution in [1.82, 2.24) is 4.98 Å². The lowest BCUT2D eigenvalue weighted by Gasteiger charge is -2.21. The second-order valence-corrected chi connectivity index (χ2v) is 4.91. The van der Waals surface area contributed by atoms with E-state index < -0.39 is 0 Å². The molecular formula is C16H19ClN2O. The van der Waals surface area contributed by atoms with Crippen molar-refractivity contribution in [2.45, 2.75) is 20.8 Å². The van der Waals surface area contributed by atoms with Crippen molar-refractivity contribution in [3.8, 4) is 11.5 Å². The summed E-state index contributed by atoms with van der Waals surface area (Å²) in [5.74, 6) is 1.50. The van der Waals surface area contributed by atoms with Crippen LogP contribution in [0, 0.1) is 6.92 Å². The van der Waals surface area contributed by atoms with E-state index in [0.717, 1.165) is 30.1 Å². The molecule has 0 fully saturated rings. The van der Waals surface area contributed by atoms with Crippen LogP contribution >= 0.6 is 11.6 Å². The van der Waals surface area contributed by atoms with Crippen LogP contribution in [0.25, 0.3) is 0 Å². The van der Waals surface area contributed by atoms with E-state index in [1.807, 2.05) is 31.2 Å². The van der Waals surface area contributed by atoms with Crippen LogP contribution in [0.15, 0.2) is 36.5 Å². The highest BCUT2D eigenvalue weighted by molar-refractivity contribution is 6.30. The molecule has 0 bridgehead atoms. The summed E-state index contributed by atoms with van der Waals surface area (Å²) in [7, 11) is 0. The minimum atomic E-state index is 0.509. The first kappa shape index (κ1) is 14.7. The van der Waals surface area contributed by atoms with Gasteiger partial charge in [0.25, 0.3) is 0 Å². The van der Waals surface area contributed by atoms with Crippen molar-refractivity contribution in [1.29, 1.82) is 0 Å². The maximum atomic E-state index is 5.91. The highest BCUT2D eigenvalue weighted by Crippen LogP contribution is 2.27. The Morgan fingerprint density at radius 3 is 2.55 bits per heavy atom. The SMILES string of the molecule is CCN(CC)c1cccc(Oc2cnc(Cl)c(C)c2)c1. The molecule has 0 saturated heterocycles. The van der Waals surface area contributed by atoms with E-state index in [0.29, 0.717) is 10.9 Å². The van der Waals surface area contributed by atoms with Gasteiger partial charge in [-0.25, -0.2) is 4.98 Å². The van der Waals surface area contributed by atoms with Gasteiger partial charge in [0.15, 0.2) is 0 Å². The summed E-state index contributed by atoms with van der Waals surface area (Å²) in [6, 6.07) is 9.96. The van der Waals surface area contributed by atoms with Crippen LogP contribution in [-0.4, -0.2) is 18.1 Å². The third-order valence-electron chi connectivity index (χ3n) is 3.17. The van der Waals surface area contributed by atoms with Gasteiger partial charge in [-0.1, -0.05) is 17.7 Å². The molecule has 0 unspecified atom stereocenters. The highest BCUT2D eigenvalue weighted by atomic mass is 35.5. The molecule has 1 heterocycles. The fourth-order valence-electron chi connectivity index (χ4n) is 2.06. The molecule has 4 heteroatoms. The topological polar surface area (TPSA) is 25.4 Å². The molecule has 2 aromatic rings. The van der Waals surface area contributed by atoms with E-state index in [4.69, 9.17) is 16.3 Å². The van der Waals surface area contributed by atoms with Crippen LogP contribution in [0.1, 0.15) is 19.4 Å². The Hall–Kier alpha value is -1.74. The number of hydrogen-bond donors (Lipinski definition) is 0. The third-order valence-corrected chi connectivity index (χ3v) is 3.57. The van der Waals surface area contributed by atoms with E-state index in [1.54, 1.807) is 6.20 Å². The van der Waals surface area contributed by atoms with Gasteiger partial charge in [-0.15, -0.1) is 0 Å². The molecule has 3 nitrogen and oxygen atoms in total. The van der Waals surface area contributed by atoms with Gasteiger partial charge in [-0.2, -0.15) is 0 Å². The second kappa shape index (κ2) is 6.62. The molecular weight excluding hydrogens is 272 g/mol. The predicted molar refractivity (Wildman–Crippen MR) is 84.1 cm³/mol. The van der Waals surface area contributed by atoms with Gasteiger partial charge in [0, 0.05) is 24.8 Å². The lowest BCUT2D eigenvalue weighted by Crippen LogP contribution is -2.21. The van der Waals surface area contributed by atoms with Crippen molar-refractivity contribution in [2.24, 2.45) is 0 Å².